The molecule has 3 aromatic rings. The van der Waals surface area contributed by atoms with Gasteiger partial charge in [-0.15, -0.1) is 0 Å². The average Bonchev–Trinajstić information content (AvgIpc) is 3.08. The van der Waals surface area contributed by atoms with Crippen molar-refractivity contribution >= 4 is 28.8 Å². The zero-order chi connectivity index (χ0) is 22.4. The van der Waals surface area contributed by atoms with Crippen LogP contribution in [0, 0.1) is 19.8 Å². The molecule has 3 heterocycles. The molecule has 0 saturated carbocycles. The van der Waals surface area contributed by atoms with Gasteiger partial charge in [-0.2, -0.15) is 0 Å². The molecule has 9 heteroatoms. The summed E-state index contributed by atoms with van der Waals surface area (Å²) in [5.74, 6) is 0.409. The maximum absolute atomic E-state index is 13.3. The van der Waals surface area contributed by atoms with Crippen LogP contribution < -0.4 is 20.7 Å². The Morgan fingerprint density at radius 1 is 1.23 bits per heavy atom. The fraction of sp³-hybridized carbons (Fsp3) is 0.455. The van der Waals surface area contributed by atoms with Crippen molar-refractivity contribution in [3.63, 3.8) is 0 Å². The van der Waals surface area contributed by atoms with Crippen LogP contribution in [0.25, 0.3) is 11.2 Å². The Morgan fingerprint density at radius 3 is 2.55 bits per heavy atom. The van der Waals surface area contributed by atoms with Gasteiger partial charge in [0, 0.05) is 13.0 Å². The fourth-order valence-corrected chi connectivity index (χ4v) is 4.39. The van der Waals surface area contributed by atoms with Gasteiger partial charge >= 0.3 is 17.6 Å². The molecule has 0 fully saturated rings. The van der Waals surface area contributed by atoms with E-state index in [-0.39, 0.29) is 12.5 Å². The molecule has 1 aliphatic heterocycles. The summed E-state index contributed by atoms with van der Waals surface area (Å²) in [6.07, 6.45) is 0. The third-order valence-electron chi connectivity index (χ3n) is 5.64. The molecule has 1 atom stereocenters. The summed E-state index contributed by atoms with van der Waals surface area (Å²) < 4.78 is 9.19. The zero-order valence-corrected chi connectivity index (χ0v) is 18.6. The lowest BCUT2D eigenvalue weighted by Crippen LogP contribution is -2.52. The Balaban J connectivity index is 1.95. The number of aromatic nitrogens is 4. The number of H-pyrrole nitrogens is 1. The second-order valence-electron chi connectivity index (χ2n) is 8.36. The van der Waals surface area contributed by atoms with Gasteiger partial charge in [0.15, 0.2) is 0 Å². The molecule has 0 amide bonds. The Kier molecular flexibility index (Phi) is 5.20. The highest BCUT2D eigenvalue weighted by molar-refractivity contribution is 5.72. The largest absolute Gasteiger partial charge is 0.465 e. The van der Waals surface area contributed by atoms with Crippen LogP contribution in [0.4, 0.5) is 11.6 Å². The number of hydrogen-bond acceptors (Lipinski definition) is 5. The van der Waals surface area contributed by atoms with Crippen molar-refractivity contribution in [2.45, 2.75) is 40.8 Å². The number of aromatic amines is 1. The van der Waals surface area contributed by atoms with Crippen LogP contribution >= 0.6 is 0 Å². The normalized spacial score (nSPS) is 15.9. The number of carbonyl (C=O) groups excluding carboxylic acids is 1. The maximum atomic E-state index is 13.3. The number of ether oxygens (including phenoxy) is 1. The molecule has 31 heavy (non-hydrogen) atoms. The lowest BCUT2D eigenvalue weighted by Gasteiger charge is -2.27. The number of rotatable bonds is 4. The molecule has 2 aromatic heterocycles. The van der Waals surface area contributed by atoms with E-state index in [9.17, 15) is 14.4 Å². The Morgan fingerprint density at radius 2 is 1.90 bits per heavy atom. The van der Waals surface area contributed by atoms with Crippen LogP contribution in [-0.4, -0.2) is 33.2 Å². The summed E-state index contributed by atoms with van der Waals surface area (Å²) in [6, 6.07) is 6.34. The first-order chi connectivity index (χ1) is 14.7. The summed E-state index contributed by atoms with van der Waals surface area (Å²) in [5, 5.41) is 0. The highest BCUT2D eigenvalue weighted by Crippen LogP contribution is 2.29. The quantitative estimate of drug-likeness (QED) is 0.501. The number of fused-ring (bicyclic) bond motifs is 3. The Labute approximate surface area is 179 Å². The van der Waals surface area contributed by atoms with Gasteiger partial charge in [-0.3, -0.25) is 14.2 Å². The van der Waals surface area contributed by atoms with E-state index in [4.69, 9.17) is 4.74 Å². The minimum absolute atomic E-state index is 0.187. The van der Waals surface area contributed by atoms with Crippen LogP contribution in [-0.2, 0) is 29.7 Å². The van der Waals surface area contributed by atoms with Crippen LogP contribution in [0.1, 0.15) is 25.0 Å². The Bertz CT molecular complexity index is 1280. The molecule has 0 aliphatic carbocycles. The van der Waals surface area contributed by atoms with E-state index in [2.05, 4.69) is 48.9 Å². The first-order valence-corrected chi connectivity index (χ1v) is 10.5. The van der Waals surface area contributed by atoms with E-state index in [1.165, 1.54) is 4.57 Å². The van der Waals surface area contributed by atoms with Gasteiger partial charge in [0.2, 0.25) is 11.2 Å². The van der Waals surface area contributed by atoms with Gasteiger partial charge in [-0.1, -0.05) is 13.0 Å². The molecule has 0 bridgehead atoms. The van der Waals surface area contributed by atoms with Gasteiger partial charge < -0.3 is 4.74 Å². The van der Waals surface area contributed by atoms with Crippen molar-refractivity contribution in [2.24, 2.45) is 13.0 Å². The second-order valence-corrected chi connectivity index (χ2v) is 8.36. The highest BCUT2D eigenvalue weighted by Gasteiger charge is 2.36. The number of hydrogen-bond donors (Lipinski definition) is 1. The van der Waals surface area contributed by atoms with Crippen molar-refractivity contribution in [2.75, 3.05) is 18.1 Å². The minimum atomic E-state index is -0.610. The molecular formula is C22H28N5O4+. The molecule has 1 aromatic carbocycles. The summed E-state index contributed by atoms with van der Waals surface area (Å²) in [7, 11) is 1.60. The van der Waals surface area contributed by atoms with E-state index in [1.54, 1.807) is 14.0 Å². The van der Waals surface area contributed by atoms with Crippen LogP contribution in [0.3, 0.4) is 0 Å². The first-order valence-electron chi connectivity index (χ1n) is 10.5. The van der Waals surface area contributed by atoms with Gasteiger partial charge in [0.1, 0.15) is 12.2 Å². The average molecular weight is 426 g/mol. The highest BCUT2D eigenvalue weighted by atomic mass is 16.5. The predicted molar refractivity (Wildman–Crippen MR) is 117 cm³/mol. The number of anilines is 2. The molecule has 0 spiro atoms. The predicted octanol–water partition coefficient (Wildman–Crippen LogP) is 1.28. The fourth-order valence-electron chi connectivity index (χ4n) is 4.39. The number of nitrogens with one attached hydrogen (secondary N) is 1. The van der Waals surface area contributed by atoms with Crippen LogP contribution in [0.15, 0.2) is 27.8 Å². The van der Waals surface area contributed by atoms with E-state index in [0.717, 1.165) is 33.9 Å². The number of nitrogens with zero attached hydrogens (tertiary/aromatic N) is 4. The first kappa shape index (κ1) is 20.9. The van der Waals surface area contributed by atoms with Gasteiger partial charge in [0.05, 0.1) is 19.7 Å². The van der Waals surface area contributed by atoms with Gasteiger partial charge in [-0.05, 0) is 44.0 Å². The molecule has 1 N–H and O–H groups in total. The van der Waals surface area contributed by atoms with Crippen molar-refractivity contribution in [1.29, 1.82) is 0 Å². The molecule has 0 saturated heterocycles. The number of esters is 1. The standard InChI is InChI=1S/C22H27N5O4/c1-6-31-17(28)12-27-20(29)18-19(24(5)22(27)30)23-21-25(10-15(4)11-26(18)21)16-8-13(2)7-14(3)9-16/h7-9,15H,6,10-12H2,1-5H3/p+1/t15-/m0/s1. The Hall–Kier alpha value is -3.36. The summed E-state index contributed by atoms with van der Waals surface area (Å²) in [4.78, 5) is 43.6. The molecule has 4 rings (SSSR count). The van der Waals surface area contributed by atoms with E-state index < -0.39 is 23.8 Å². The zero-order valence-electron chi connectivity index (χ0n) is 18.6. The summed E-state index contributed by atoms with van der Waals surface area (Å²) in [6.45, 7) is 9.11. The van der Waals surface area contributed by atoms with Crippen molar-refractivity contribution in [3.05, 3.63) is 50.2 Å². The molecule has 1 aliphatic rings. The molecular weight excluding hydrogens is 398 g/mol. The summed E-state index contributed by atoms with van der Waals surface area (Å²) in [5.41, 5.74) is 3.09. The number of carbonyl (C=O) groups is 1. The minimum Gasteiger partial charge on any atom is -0.465 e. The smallest absolute Gasteiger partial charge is 0.364 e. The van der Waals surface area contributed by atoms with Crippen LogP contribution in [0.2, 0.25) is 0 Å². The maximum Gasteiger partial charge on any atom is 0.364 e. The monoisotopic (exact) mass is 426 g/mol. The van der Waals surface area contributed by atoms with E-state index in [0.29, 0.717) is 17.7 Å². The van der Waals surface area contributed by atoms with Crippen molar-refractivity contribution in [1.82, 2.24) is 14.1 Å². The third kappa shape index (κ3) is 3.54. The lowest BCUT2D eigenvalue weighted by molar-refractivity contribution is -0.669. The van der Waals surface area contributed by atoms with Crippen molar-refractivity contribution in [3.8, 4) is 0 Å². The molecule has 9 nitrogen and oxygen atoms in total. The number of imidazole rings is 1. The van der Waals surface area contributed by atoms with Gasteiger partial charge in [0.25, 0.3) is 5.56 Å². The third-order valence-corrected chi connectivity index (χ3v) is 5.64. The van der Waals surface area contributed by atoms with Gasteiger partial charge in [-0.25, -0.2) is 23.8 Å². The van der Waals surface area contributed by atoms with Crippen LogP contribution in [0.5, 0.6) is 0 Å². The molecule has 0 unspecified atom stereocenters. The molecule has 0 radical (unpaired) electrons. The number of benzene rings is 1. The van der Waals surface area contributed by atoms with E-state index in [1.807, 2.05) is 4.57 Å². The molecule has 164 valence electrons. The summed E-state index contributed by atoms with van der Waals surface area (Å²) >= 11 is 0. The van der Waals surface area contributed by atoms with E-state index >= 15 is 0 Å². The SMILES string of the molecule is CCOC(=O)Cn1c(=O)c2c([nH]c3[n+]2C[C@@H](C)CN3c2cc(C)cc(C)c2)n(C)c1=O. The lowest BCUT2D eigenvalue weighted by atomic mass is 10.1. The number of aryl methyl sites for hydroxylation is 3. The topological polar surface area (TPSA) is 93.2 Å². The van der Waals surface area contributed by atoms with Crippen molar-refractivity contribution < 1.29 is 14.1 Å². The second kappa shape index (κ2) is 7.72.